The van der Waals surface area contributed by atoms with E-state index in [2.05, 4.69) is 22.6 Å². The van der Waals surface area contributed by atoms with E-state index in [1.807, 2.05) is 18.2 Å². The molecular weight excluding hydrogens is 336 g/mol. The van der Waals surface area contributed by atoms with Crippen LogP contribution in [-0.4, -0.2) is 60.5 Å². The maximum Gasteiger partial charge on any atom is 0.303 e. The van der Waals surface area contributed by atoms with Gasteiger partial charge in [-0.25, -0.2) is 0 Å². The summed E-state index contributed by atoms with van der Waals surface area (Å²) < 4.78 is 0. The molecule has 26 heavy (non-hydrogen) atoms. The lowest BCUT2D eigenvalue weighted by atomic mass is 10.0. The molecule has 8 nitrogen and oxygen atoms in total. The summed E-state index contributed by atoms with van der Waals surface area (Å²) in [4.78, 5) is 36.4. The summed E-state index contributed by atoms with van der Waals surface area (Å²) in [5, 5.41) is 13.8. The molecule has 0 spiro atoms. The first-order valence-electron chi connectivity index (χ1n) is 8.70. The topological polar surface area (TPSA) is 125 Å². The van der Waals surface area contributed by atoms with Gasteiger partial charge in [0.2, 0.25) is 11.8 Å². The number of nitrogens with two attached hydrogens (primary N) is 1. The van der Waals surface area contributed by atoms with E-state index in [4.69, 9.17) is 10.8 Å². The van der Waals surface area contributed by atoms with E-state index in [0.29, 0.717) is 5.69 Å². The first-order chi connectivity index (χ1) is 12.3. The van der Waals surface area contributed by atoms with Gasteiger partial charge in [0.15, 0.2) is 0 Å². The number of carbonyl (C=O) groups excluding carboxylic acids is 2. The molecule has 1 aliphatic rings. The number of fused-ring (bicyclic) bond motifs is 1. The molecule has 2 amide bonds. The zero-order valence-corrected chi connectivity index (χ0v) is 15.0. The average Bonchev–Trinajstić information content (AvgIpc) is 2.79. The van der Waals surface area contributed by atoms with E-state index in [1.54, 1.807) is 0 Å². The molecule has 0 aliphatic carbocycles. The van der Waals surface area contributed by atoms with Gasteiger partial charge >= 0.3 is 5.97 Å². The highest BCUT2D eigenvalue weighted by Gasteiger charge is 2.17. The lowest BCUT2D eigenvalue weighted by molar-refractivity contribution is -0.138. The molecule has 1 unspecified atom stereocenters. The van der Waals surface area contributed by atoms with Crippen LogP contribution in [0.2, 0.25) is 0 Å². The van der Waals surface area contributed by atoms with E-state index in [0.717, 1.165) is 25.9 Å². The van der Waals surface area contributed by atoms with Crippen LogP contribution in [0.4, 0.5) is 5.69 Å². The van der Waals surface area contributed by atoms with Crippen LogP contribution in [0.5, 0.6) is 0 Å². The number of hydrogen-bond donors (Lipinski definition) is 4. The average molecular weight is 362 g/mol. The van der Waals surface area contributed by atoms with Crippen LogP contribution in [0.25, 0.3) is 0 Å². The highest BCUT2D eigenvalue weighted by Crippen LogP contribution is 2.20. The van der Waals surface area contributed by atoms with Crippen molar-refractivity contribution < 1.29 is 19.5 Å². The number of carboxylic acids is 1. The Morgan fingerprint density at radius 1 is 1.19 bits per heavy atom. The predicted octanol–water partition coefficient (Wildman–Crippen LogP) is -0.0362. The number of hydrogen-bond acceptors (Lipinski definition) is 5. The molecule has 1 aliphatic heterocycles. The molecule has 142 valence electrons. The Bertz CT molecular complexity index is 677. The Morgan fingerprint density at radius 3 is 2.58 bits per heavy atom. The van der Waals surface area contributed by atoms with Gasteiger partial charge in [0.05, 0.1) is 6.42 Å². The van der Waals surface area contributed by atoms with Gasteiger partial charge in [-0.2, -0.15) is 0 Å². The molecule has 0 aromatic heterocycles. The van der Waals surface area contributed by atoms with Crippen LogP contribution in [0.3, 0.4) is 0 Å². The molecule has 0 bridgehead atoms. The van der Waals surface area contributed by atoms with Crippen molar-refractivity contribution >= 4 is 23.5 Å². The van der Waals surface area contributed by atoms with Gasteiger partial charge in [-0.15, -0.1) is 0 Å². The predicted molar refractivity (Wildman–Crippen MR) is 97.8 cm³/mol. The molecule has 1 heterocycles. The second-order valence-electron chi connectivity index (χ2n) is 6.58. The fraction of sp³-hybridized carbons (Fsp3) is 0.500. The minimum atomic E-state index is -1.04. The van der Waals surface area contributed by atoms with Gasteiger partial charge in [-0.3, -0.25) is 14.4 Å². The molecule has 0 saturated heterocycles. The van der Waals surface area contributed by atoms with Gasteiger partial charge < -0.3 is 26.4 Å². The van der Waals surface area contributed by atoms with Crippen molar-refractivity contribution in [2.75, 3.05) is 32.0 Å². The monoisotopic (exact) mass is 362 g/mol. The molecular formula is C18H26N4O4. The fourth-order valence-electron chi connectivity index (χ4n) is 2.78. The second kappa shape index (κ2) is 9.30. The zero-order chi connectivity index (χ0) is 19.1. The highest BCUT2D eigenvalue weighted by molar-refractivity contribution is 5.95. The number of aliphatic carboxylic acids is 1. The lowest BCUT2D eigenvalue weighted by Crippen LogP contribution is -2.45. The molecule has 0 fully saturated rings. The molecule has 1 aromatic rings. The Balaban J connectivity index is 1.85. The van der Waals surface area contributed by atoms with Crippen molar-refractivity contribution in [3.8, 4) is 0 Å². The van der Waals surface area contributed by atoms with Gasteiger partial charge in [-0.1, -0.05) is 6.07 Å². The lowest BCUT2D eigenvalue weighted by Gasteiger charge is -2.14. The standard InChI is InChI=1S/C18H26N4O4/c1-22-8-6-12-2-3-14(10-13(12)7-9-22)21-18(26)15(19)11-20-16(23)4-5-17(24)25/h2-3,10,15H,4-9,11,19H2,1H3,(H,20,23)(H,21,26)(H,24,25). The van der Waals surface area contributed by atoms with E-state index < -0.39 is 23.8 Å². The number of benzene rings is 1. The van der Waals surface area contributed by atoms with Gasteiger partial charge in [-0.05, 0) is 43.1 Å². The first kappa shape index (κ1) is 19.9. The molecule has 1 atom stereocenters. The number of nitrogens with zero attached hydrogens (tertiary/aromatic N) is 1. The number of nitrogens with one attached hydrogen (secondary N) is 2. The van der Waals surface area contributed by atoms with Gasteiger partial charge in [0.1, 0.15) is 6.04 Å². The number of likely N-dealkylation sites (N-methyl/N-ethyl adjacent to an activating group) is 1. The summed E-state index contributed by atoms with van der Waals surface area (Å²) >= 11 is 0. The molecule has 2 rings (SSSR count). The quantitative estimate of drug-likeness (QED) is 0.540. The third kappa shape index (κ3) is 6.12. The van der Waals surface area contributed by atoms with Crippen LogP contribution in [-0.2, 0) is 27.2 Å². The van der Waals surface area contributed by atoms with E-state index in [1.165, 1.54) is 11.1 Å². The minimum absolute atomic E-state index is 0.0416. The summed E-state index contributed by atoms with van der Waals surface area (Å²) in [6.07, 6.45) is 1.53. The maximum atomic E-state index is 12.2. The van der Waals surface area contributed by atoms with Crippen molar-refractivity contribution in [1.82, 2.24) is 10.2 Å². The third-order valence-electron chi connectivity index (χ3n) is 4.42. The minimum Gasteiger partial charge on any atom is -0.481 e. The Labute approximate surface area is 152 Å². The second-order valence-corrected chi connectivity index (χ2v) is 6.58. The van der Waals surface area contributed by atoms with E-state index in [9.17, 15) is 14.4 Å². The van der Waals surface area contributed by atoms with Crippen molar-refractivity contribution in [2.45, 2.75) is 31.7 Å². The van der Waals surface area contributed by atoms with Crippen LogP contribution < -0.4 is 16.4 Å². The Kier molecular flexibility index (Phi) is 7.11. The van der Waals surface area contributed by atoms with Gasteiger partial charge in [0, 0.05) is 31.7 Å². The normalized spacial score (nSPS) is 15.5. The molecule has 5 N–H and O–H groups in total. The number of rotatable bonds is 7. The zero-order valence-electron chi connectivity index (χ0n) is 15.0. The summed E-state index contributed by atoms with van der Waals surface area (Å²) in [6, 6.07) is 4.96. The van der Waals surface area contributed by atoms with E-state index in [-0.39, 0.29) is 19.4 Å². The fourth-order valence-corrected chi connectivity index (χ4v) is 2.78. The number of amides is 2. The number of anilines is 1. The molecule has 0 saturated carbocycles. The summed E-state index contributed by atoms with van der Waals surface area (Å²) in [6.45, 7) is 1.96. The Hall–Kier alpha value is -2.45. The van der Waals surface area contributed by atoms with Gasteiger partial charge in [0.25, 0.3) is 0 Å². The van der Waals surface area contributed by atoms with Crippen molar-refractivity contribution in [1.29, 1.82) is 0 Å². The van der Waals surface area contributed by atoms with Crippen molar-refractivity contribution in [3.63, 3.8) is 0 Å². The molecule has 0 radical (unpaired) electrons. The maximum absolute atomic E-state index is 12.2. The summed E-state index contributed by atoms with van der Waals surface area (Å²) in [5.74, 6) is -1.88. The van der Waals surface area contributed by atoms with Crippen LogP contribution in [0.15, 0.2) is 18.2 Å². The first-order valence-corrected chi connectivity index (χ1v) is 8.70. The smallest absolute Gasteiger partial charge is 0.303 e. The summed E-state index contributed by atoms with van der Waals surface area (Å²) in [5.41, 5.74) is 9.01. The third-order valence-corrected chi connectivity index (χ3v) is 4.42. The van der Waals surface area contributed by atoms with Crippen LogP contribution in [0, 0.1) is 0 Å². The molecule has 8 heteroatoms. The van der Waals surface area contributed by atoms with Crippen LogP contribution >= 0.6 is 0 Å². The van der Waals surface area contributed by atoms with Crippen molar-refractivity contribution in [2.24, 2.45) is 5.73 Å². The Morgan fingerprint density at radius 2 is 1.88 bits per heavy atom. The summed E-state index contributed by atoms with van der Waals surface area (Å²) in [7, 11) is 2.10. The van der Waals surface area contributed by atoms with Crippen LogP contribution in [0.1, 0.15) is 24.0 Å². The number of carboxylic acid groups (broad SMARTS) is 1. The number of carbonyl (C=O) groups is 3. The SMILES string of the molecule is CN1CCc2ccc(NC(=O)C(N)CNC(=O)CCC(=O)O)cc2CC1. The molecule has 1 aromatic carbocycles. The highest BCUT2D eigenvalue weighted by atomic mass is 16.4. The van der Waals surface area contributed by atoms with Crippen molar-refractivity contribution in [3.05, 3.63) is 29.3 Å². The van der Waals surface area contributed by atoms with E-state index >= 15 is 0 Å². The largest absolute Gasteiger partial charge is 0.481 e.